The van der Waals surface area contributed by atoms with Gasteiger partial charge in [-0.15, -0.1) is 0 Å². The number of nitrogens with one attached hydrogen (secondary N) is 1. The summed E-state index contributed by atoms with van der Waals surface area (Å²) < 4.78 is 10.9. The highest BCUT2D eigenvalue weighted by Gasteiger charge is 2.22. The maximum absolute atomic E-state index is 5.44. The van der Waals surface area contributed by atoms with Crippen LogP contribution < -0.4 is 5.32 Å². The first-order valence-electron chi connectivity index (χ1n) is 5.16. The van der Waals surface area contributed by atoms with Crippen molar-refractivity contribution in [1.82, 2.24) is 5.32 Å². The quantitative estimate of drug-likeness (QED) is 0.656. The summed E-state index contributed by atoms with van der Waals surface area (Å²) in [5.41, 5.74) is 0. The van der Waals surface area contributed by atoms with Crippen LogP contribution in [0.25, 0.3) is 0 Å². The molecule has 2 atom stereocenters. The Balaban J connectivity index is 1.99. The number of ether oxygens (including phenoxy) is 2. The van der Waals surface area contributed by atoms with Crippen LogP contribution in [0.3, 0.4) is 0 Å². The van der Waals surface area contributed by atoms with E-state index in [-0.39, 0.29) is 0 Å². The molecule has 1 rings (SSSR count). The predicted octanol–water partition coefficient (Wildman–Crippen LogP) is 1.18. The van der Waals surface area contributed by atoms with Crippen LogP contribution in [0.1, 0.15) is 27.2 Å². The molecule has 0 aromatic rings. The van der Waals surface area contributed by atoms with Crippen molar-refractivity contribution in [3.05, 3.63) is 0 Å². The number of hydrogen-bond donors (Lipinski definition) is 1. The van der Waals surface area contributed by atoms with E-state index >= 15 is 0 Å². The van der Waals surface area contributed by atoms with Gasteiger partial charge in [-0.25, -0.2) is 0 Å². The molecule has 0 aliphatic carbocycles. The molecule has 0 aromatic heterocycles. The molecule has 2 unspecified atom stereocenters. The van der Waals surface area contributed by atoms with Gasteiger partial charge in [-0.1, -0.05) is 0 Å². The van der Waals surface area contributed by atoms with Gasteiger partial charge in [0.25, 0.3) is 0 Å². The number of rotatable bonds is 5. The summed E-state index contributed by atoms with van der Waals surface area (Å²) >= 11 is 0. The van der Waals surface area contributed by atoms with E-state index in [0.717, 1.165) is 26.2 Å². The Bertz CT molecular complexity index is 139. The van der Waals surface area contributed by atoms with Crippen LogP contribution in [0.4, 0.5) is 0 Å². The molecule has 13 heavy (non-hydrogen) atoms. The molecule has 1 N–H and O–H groups in total. The predicted molar refractivity (Wildman–Crippen MR) is 52.9 cm³/mol. The van der Waals surface area contributed by atoms with E-state index in [4.69, 9.17) is 9.47 Å². The lowest BCUT2D eigenvalue weighted by atomic mass is 10.1. The summed E-state index contributed by atoms with van der Waals surface area (Å²) in [6.07, 6.45) is 1.82. The third-order valence-corrected chi connectivity index (χ3v) is 2.34. The van der Waals surface area contributed by atoms with Gasteiger partial charge in [-0.3, -0.25) is 0 Å². The van der Waals surface area contributed by atoms with E-state index in [1.54, 1.807) is 0 Å². The van der Waals surface area contributed by atoms with E-state index in [0.29, 0.717) is 18.2 Å². The van der Waals surface area contributed by atoms with Gasteiger partial charge in [-0.2, -0.15) is 0 Å². The smallest absolute Gasteiger partial charge is 0.0700 e. The van der Waals surface area contributed by atoms with Crippen molar-refractivity contribution in [3.63, 3.8) is 0 Å². The zero-order valence-electron chi connectivity index (χ0n) is 8.88. The first-order valence-corrected chi connectivity index (χ1v) is 5.16. The molecule has 1 heterocycles. The van der Waals surface area contributed by atoms with Crippen molar-refractivity contribution in [2.75, 3.05) is 19.8 Å². The monoisotopic (exact) mass is 187 g/mol. The Morgan fingerprint density at radius 3 is 2.85 bits per heavy atom. The normalized spacial score (nSPS) is 28.6. The van der Waals surface area contributed by atoms with Gasteiger partial charge < -0.3 is 14.8 Å². The van der Waals surface area contributed by atoms with Gasteiger partial charge in [0.15, 0.2) is 0 Å². The molecule has 0 radical (unpaired) electrons. The van der Waals surface area contributed by atoms with Crippen molar-refractivity contribution in [2.45, 2.75) is 45.4 Å². The molecule has 0 aromatic carbocycles. The minimum absolute atomic E-state index is 0.332. The molecule has 78 valence electrons. The van der Waals surface area contributed by atoms with Gasteiger partial charge in [0.05, 0.1) is 18.8 Å². The minimum atomic E-state index is 0.332. The highest BCUT2D eigenvalue weighted by Crippen LogP contribution is 2.11. The van der Waals surface area contributed by atoms with Crippen LogP contribution in [0.5, 0.6) is 0 Å². The van der Waals surface area contributed by atoms with Crippen LogP contribution in [-0.4, -0.2) is 38.0 Å². The van der Waals surface area contributed by atoms with Crippen LogP contribution >= 0.6 is 0 Å². The average Bonchev–Trinajstić information content (AvgIpc) is 2.45. The van der Waals surface area contributed by atoms with Gasteiger partial charge in [0.1, 0.15) is 0 Å². The summed E-state index contributed by atoms with van der Waals surface area (Å²) in [5.74, 6) is 0. The van der Waals surface area contributed by atoms with E-state index in [2.05, 4.69) is 26.1 Å². The van der Waals surface area contributed by atoms with E-state index in [1.807, 2.05) is 0 Å². The highest BCUT2D eigenvalue weighted by atomic mass is 16.5. The molecule has 1 saturated heterocycles. The summed E-state index contributed by atoms with van der Waals surface area (Å²) in [6.45, 7) is 8.85. The Labute approximate surface area is 80.8 Å². The van der Waals surface area contributed by atoms with Crippen molar-refractivity contribution < 1.29 is 9.47 Å². The fraction of sp³-hybridized carbons (Fsp3) is 1.00. The second kappa shape index (κ2) is 5.58. The molecular weight excluding hydrogens is 166 g/mol. The maximum atomic E-state index is 5.44. The summed E-state index contributed by atoms with van der Waals surface area (Å²) in [6, 6.07) is 0.524. The lowest BCUT2D eigenvalue weighted by Gasteiger charge is -2.16. The summed E-state index contributed by atoms with van der Waals surface area (Å²) in [4.78, 5) is 0. The van der Waals surface area contributed by atoms with Gasteiger partial charge in [0, 0.05) is 19.2 Å². The Kier molecular flexibility index (Phi) is 4.70. The first kappa shape index (κ1) is 11.0. The maximum Gasteiger partial charge on any atom is 0.0700 e. The van der Waals surface area contributed by atoms with Gasteiger partial charge in [-0.05, 0) is 27.2 Å². The van der Waals surface area contributed by atoms with Crippen LogP contribution in [-0.2, 0) is 9.47 Å². The summed E-state index contributed by atoms with van der Waals surface area (Å²) in [5, 5.41) is 3.44. The molecule has 0 amide bonds. The lowest BCUT2D eigenvalue weighted by molar-refractivity contribution is 0.0747. The van der Waals surface area contributed by atoms with Gasteiger partial charge in [0.2, 0.25) is 0 Å². The molecule has 1 aliphatic heterocycles. The van der Waals surface area contributed by atoms with Crippen molar-refractivity contribution in [1.29, 1.82) is 0 Å². The fourth-order valence-corrected chi connectivity index (χ4v) is 1.54. The Morgan fingerprint density at radius 2 is 2.31 bits per heavy atom. The van der Waals surface area contributed by atoms with Crippen LogP contribution in [0.15, 0.2) is 0 Å². The third-order valence-electron chi connectivity index (χ3n) is 2.34. The number of hydrogen-bond acceptors (Lipinski definition) is 3. The lowest BCUT2D eigenvalue weighted by Crippen LogP contribution is -2.37. The Hall–Kier alpha value is -0.120. The molecule has 0 bridgehead atoms. The topological polar surface area (TPSA) is 30.5 Å². The first-order chi connectivity index (χ1) is 6.20. The molecule has 3 heteroatoms. The molecular formula is C10H21NO2. The van der Waals surface area contributed by atoms with E-state index in [9.17, 15) is 0 Å². The van der Waals surface area contributed by atoms with Gasteiger partial charge >= 0.3 is 0 Å². The minimum Gasteiger partial charge on any atom is -0.377 e. The van der Waals surface area contributed by atoms with Crippen molar-refractivity contribution in [2.24, 2.45) is 0 Å². The Morgan fingerprint density at radius 1 is 1.54 bits per heavy atom. The zero-order valence-corrected chi connectivity index (χ0v) is 8.88. The molecule has 1 fully saturated rings. The average molecular weight is 187 g/mol. The standard InChI is InChI=1S/C10H21NO2/c1-8(2)12-7-5-11-10-4-6-13-9(10)3/h8-11H,4-7H2,1-3H3. The summed E-state index contributed by atoms with van der Waals surface area (Å²) in [7, 11) is 0. The second-order valence-corrected chi connectivity index (χ2v) is 3.84. The SMILES string of the molecule is CC(C)OCCNC1CCOC1C. The molecule has 1 aliphatic rings. The van der Waals surface area contributed by atoms with Crippen LogP contribution in [0, 0.1) is 0 Å². The largest absolute Gasteiger partial charge is 0.377 e. The third kappa shape index (κ3) is 4.07. The van der Waals surface area contributed by atoms with E-state index in [1.165, 1.54) is 0 Å². The van der Waals surface area contributed by atoms with Crippen molar-refractivity contribution >= 4 is 0 Å². The molecule has 0 spiro atoms. The molecule has 0 saturated carbocycles. The molecule has 3 nitrogen and oxygen atoms in total. The highest BCUT2D eigenvalue weighted by molar-refractivity contribution is 4.78. The zero-order chi connectivity index (χ0) is 9.68. The van der Waals surface area contributed by atoms with Crippen molar-refractivity contribution in [3.8, 4) is 0 Å². The second-order valence-electron chi connectivity index (χ2n) is 3.84. The van der Waals surface area contributed by atoms with E-state index < -0.39 is 0 Å². The fourth-order valence-electron chi connectivity index (χ4n) is 1.54. The van der Waals surface area contributed by atoms with Crippen LogP contribution in [0.2, 0.25) is 0 Å².